The van der Waals surface area contributed by atoms with Crippen LogP contribution in [0.4, 0.5) is 13.2 Å². The highest BCUT2D eigenvalue weighted by Crippen LogP contribution is 2.38. The molecule has 3 aromatic rings. The molecular weight excluding hydrogens is 413 g/mol. The minimum absolute atomic E-state index is 0.215. The molecule has 0 radical (unpaired) electrons. The smallest absolute Gasteiger partial charge is 0.376 e. The number of likely N-dealkylation sites (tertiary alicyclic amines) is 1. The molecule has 2 aromatic heterocycles. The van der Waals surface area contributed by atoms with Gasteiger partial charge in [0.25, 0.3) is 5.91 Å². The molecule has 0 bridgehead atoms. The average molecular weight is 434 g/mol. The van der Waals surface area contributed by atoms with E-state index in [2.05, 4.69) is 15.3 Å². The van der Waals surface area contributed by atoms with Crippen molar-refractivity contribution in [1.82, 2.24) is 29.7 Å². The summed E-state index contributed by atoms with van der Waals surface area (Å²) in [5.74, 6) is -0.215. The van der Waals surface area contributed by atoms with Gasteiger partial charge in [-0.3, -0.25) is 9.48 Å². The van der Waals surface area contributed by atoms with Crippen LogP contribution in [0.5, 0.6) is 0 Å². The molecular formula is C20H21F3N6O2. The van der Waals surface area contributed by atoms with E-state index < -0.39 is 11.8 Å². The number of amides is 1. The summed E-state index contributed by atoms with van der Waals surface area (Å²) in [5.41, 5.74) is -2.35. The standard InChI is InChI=1S/C20H21F3N6O2/c1-19(31,20(21,22)23)14-11-26-28(12-14)15-5-4-10-27(13-15)18(30)16-6-2-3-7-17(16)29-24-8-9-25-29/h2-3,6-9,11-12,15,31H,4-5,10,13H2,1H3. The molecule has 3 heterocycles. The van der Waals surface area contributed by atoms with Crippen LogP contribution in [0, 0.1) is 0 Å². The summed E-state index contributed by atoms with van der Waals surface area (Å²) >= 11 is 0. The van der Waals surface area contributed by atoms with Crippen LogP contribution in [-0.4, -0.2) is 60.0 Å². The zero-order valence-electron chi connectivity index (χ0n) is 16.7. The van der Waals surface area contributed by atoms with E-state index in [1.165, 1.54) is 28.1 Å². The van der Waals surface area contributed by atoms with Crippen molar-refractivity contribution in [3.63, 3.8) is 0 Å². The number of alkyl halides is 3. The number of rotatable bonds is 4. The van der Waals surface area contributed by atoms with E-state index >= 15 is 0 Å². The molecule has 2 unspecified atom stereocenters. The molecule has 4 rings (SSSR count). The van der Waals surface area contributed by atoms with Crippen LogP contribution in [0.1, 0.15) is 41.7 Å². The van der Waals surface area contributed by atoms with Crippen molar-refractivity contribution in [3.05, 3.63) is 60.2 Å². The van der Waals surface area contributed by atoms with Gasteiger partial charge in [0, 0.05) is 24.8 Å². The van der Waals surface area contributed by atoms with Gasteiger partial charge in [-0.1, -0.05) is 12.1 Å². The molecule has 0 saturated carbocycles. The molecule has 1 saturated heterocycles. The molecule has 1 aliphatic rings. The normalized spacial score (nSPS) is 19.3. The van der Waals surface area contributed by atoms with Gasteiger partial charge in [0.05, 0.1) is 35.9 Å². The lowest BCUT2D eigenvalue weighted by Gasteiger charge is -2.33. The monoisotopic (exact) mass is 434 g/mol. The summed E-state index contributed by atoms with van der Waals surface area (Å²) < 4.78 is 40.8. The third kappa shape index (κ3) is 3.92. The van der Waals surface area contributed by atoms with Crippen LogP contribution in [0.2, 0.25) is 0 Å². The van der Waals surface area contributed by atoms with Gasteiger partial charge in [-0.15, -0.1) is 0 Å². The molecule has 1 fully saturated rings. The predicted octanol–water partition coefficient (Wildman–Crippen LogP) is 2.71. The second-order valence-electron chi connectivity index (χ2n) is 7.66. The highest BCUT2D eigenvalue weighted by molar-refractivity contribution is 5.97. The number of hydrogen-bond donors (Lipinski definition) is 1. The summed E-state index contributed by atoms with van der Waals surface area (Å²) in [6.45, 7) is 1.50. The summed E-state index contributed by atoms with van der Waals surface area (Å²) in [7, 11) is 0. The zero-order valence-corrected chi connectivity index (χ0v) is 16.7. The molecule has 2 atom stereocenters. The first kappa shape index (κ1) is 21.0. The van der Waals surface area contributed by atoms with Crippen LogP contribution in [0.3, 0.4) is 0 Å². The fraction of sp³-hybridized carbons (Fsp3) is 0.400. The number of carbonyl (C=O) groups is 1. The molecule has 1 aliphatic heterocycles. The Bertz CT molecular complexity index is 1060. The Kier molecular flexibility index (Phi) is 5.29. The van der Waals surface area contributed by atoms with E-state index in [1.54, 1.807) is 29.2 Å². The van der Waals surface area contributed by atoms with E-state index in [0.717, 1.165) is 6.20 Å². The van der Waals surface area contributed by atoms with Gasteiger partial charge < -0.3 is 10.0 Å². The lowest BCUT2D eigenvalue weighted by molar-refractivity contribution is -0.258. The zero-order chi connectivity index (χ0) is 22.2. The van der Waals surface area contributed by atoms with Crippen LogP contribution < -0.4 is 0 Å². The van der Waals surface area contributed by atoms with Crippen molar-refractivity contribution in [3.8, 4) is 5.69 Å². The number of para-hydroxylation sites is 1. The highest BCUT2D eigenvalue weighted by Gasteiger charge is 2.52. The third-order valence-corrected chi connectivity index (χ3v) is 5.54. The van der Waals surface area contributed by atoms with Gasteiger partial charge in [-0.05, 0) is 31.9 Å². The van der Waals surface area contributed by atoms with E-state index in [4.69, 9.17) is 0 Å². The van der Waals surface area contributed by atoms with Crippen LogP contribution in [0.25, 0.3) is 5.69 Å². The Morgan fingerprint density at radius 2 is 1.87 bits per heavy atom. The van der Waals surface area contributed by atoms with Gasteiger partial charge >= 0.3 is 6.18 Å². The Balaban J connectivity index is 1.55. The average Bonchev–Trinajstić information content (AvgIpc) is 3.45. The quantitative estimate of drug-likeness (QED) is 0.682. The molecule has 0 aliphatic carbocycles. The van der Waals surface area contributed by atoms with Crippen LogP contribution in [0.15, 0.2) is 49.1 Å². The maximum Gasteiger partial charge on any atom is 0.421 e. The van der Waals surface area contributed by atoms with Crippen molar-refractivity contribution < 1.29 is 23.1 Å². The van der Waals surface area contributed by atoms with Crippen LogP contribution in [-0.2, 0) is 5.60 Å². The molecule has 31 heavy (non-hydrogen) atoms. The van der Waals surface area contributed by atoms with Crippen LogP contribution >= 0.6 is 0 Å². The maximum absolute atomic E-state index is 13.2. The van der Waals surface area contributed by atoms with Gasteiger partial charge in [0.1, 0.15) is 0 Å². The first-order valence-corrected chi connectivity index (χ1v) is 9.77. The maximum atomic E-state index is 13.2. The molecule has 1 amide bonds. The minimum atomic E-state index is -4.82. The van der Waals surface area contributed by atoms with Gasteiger partial charge in [0.2, 0.25) is 0 Å². The van der Waals surface area contributed by atoms with Gasteiger partial charge in [0.15, 0.2) is 5.60 Å². The Morgan fingerprint density at radius 1 is 1.16 bits per heavy atom. The number of aliphatic hydroxyl groups is 1. The number of aromatic nitrogens is 5. The van der Waals surface area contributed by atoms with Crippen molar-refractivity contribution in [1.29, 1.82) is 0 Å². The fourth-order valence-corrected chi connectivity index (χ4v) is 3.65. The number of carbonyl (C=O) groups excluding carboxylic acids is 1. The number of nitrogens with zero attached hydrogens (tertiary/aromatic N) is 6. The Hall–Kier alpha value is -3.21. The number of hydrogen-bond acceptors (Lipinski definition) is 5. The molecule has 164 valence electrons. The topological polar surface area (TPSA) is 89.1 Å². The second kappa shape index (κ2) is 7.80. The van der Waals surface area contributed by atoms with E-state index in [0.29, 0.717) is 37.6 Å². The van der Waals surface area contributed by atoms with E-state index in [1.807, 2.05) is 0 Å². The molecule has 1 N–H and O–H groups in total. The number of piperidine rings is 1. The van der Waals surface area contributed by atoms with E-state index in [-0.39, 0.29) is 24.1 Å². The lowest BCUT2D eigenvalue weighted by atomic mass is 9.99. The van der Waals surface area contributed by atoms with Gasteiger partial charge in [-0.25, -0.2) is 0 Å². The largest absolute Gasteiger partial charge is 0.421 e. The minimum Gasteiger partial charge on any atom is -0.376 e. The van der Waals surface area contributed by atoms with Crippen molar-refractivity contribution >= 4 is 5.91 Å². The second-order valence-corrected chi connectivity index (χ2v) is 7.66. The molecule has 8 nitrogen and oxygen atoms in total. The summed E-state index contributed by atoms with van der Waals surface area (Å²) in [5, 5.41) is 22.1. The Labute approximate surface area is 175 Å². The van der Waals surface area contributed by atoms with E-state index in [9.17, 15) is 23.1 Å². The molecule has 1 aromatic carbocycles. The first-order valence-electron chi connectivity index (χ1n) is 9.77. The highest BCUT2D eigenvalue weighted by atomic mass is 19.4. The lowest BCUT2D eigenvalue weighted by Crippen LogP contribution is -2.41. The van der Waals surface area contributed by atoms with Crippen molar-refractivity contribution in [2.24, 2.45) is 0 Å². The van der Waals surface area contributed by atoms with Crippen molar-refractivity contribution in [2.45, 2.75) is 37.6 Å². The molecule has 11 heteroatoms. The number of halogens is 3. The summed E-state index contributed by atoms with van der Waals surface area (Å²) in [4.78, 5) is 16.2. The first-order chi connectivity index (χ1) is 14.7. The summed E-state index contributed by atoms with van der Waals surface area (Å²) in [6.07, 6.45) is 1.76. The predicted molar refractivity (Wildman–Crippen MR) is 103 cm³/mol. The third-order valence-electron chi connectivity index (χ3n) is 5.54. The van der Waals surface area contributed by atoms with Crippen molar-refractivity contribution in [2.75, 3.05) is 13.1 Å². The molecule has 0 spiro atoms. The SMILES string of the molecule is CC(O)(c1cnn(C2CCCN(C(=O)c3ccccc3-n3nccn3)C2)c1)C(F)(F)F. The summed E-state index contributed by atoms with van der Waals surface area (Å²) in [6, 6.07) is 6.67. The number of benzene rings is 1. The van der Waals surface area contributed by atoms with Gasteiger partial charge in [-0.2, -0.15) is 33.3 Å². The fourth-order valence-electron chi connectivity index (χ4n) is 3.65. The Morgan fingerprint density at radius 3 is 2.58 bits per heavy atom.